The zero-order valence-electron chi connectivity index (χ0n) is 15.1. The Balaban J connectivity index is 1.58. The zero-order chi connectivity index (χ0) is 19.8. The van der Waals surface area contributed by atoms with E-state index in [4.69, 9.17) is 32.8 Å². The van der Waals surface area contributed by atoms with Crippen LogP contribution >= 0.6 is 23.2 Å². The molecular formula is C22H14Cl2N4O. The molecule has 0 aliphatic heterocycles. The smallest absolute Gasteiger partial charge is 0.279 e. The van der Waals surface area contributed by atoms with Crippen molar-refractivity contribution in [1.29, 1.82) is 0 Å². The number of nitrogens with zero attached hydrogens (tertiary/aromatic N) is 4. The molecule has 0 aliphatic rings. The van der Waals surface area contributed by atoms with Crippen LogP contribution in [0.4, 0.5) is 0 Å². The van der Waals surface area contributed by atoms with Gasteiger partial charge in [-0.25, -0.2) is 0 Å². The lowest BCUT2D eigenvalue weighted by atomic mass is 10.2. The van der Waals surface area contributed by atoms with Gasteiger partial charge in [-0.05, 0) is 35.9 Å². The van der Waals surface area contributed by atoms with Crippen LogP contribution in [-0.4, -0.2) is 19.9 Å². The van der Waals surface area contributed by atoms with Gasteiger partial charge in [0.05, 0.1) is 17.1 Å². The Labute approximate surface area is 176 Å². The number of hydrogen-bond acceptors (Lipinski definition) is 4. The summed E-state index contributed by atoms with van der Waals surface area (Å²) >= 11 is 12.3. The summed E-state index contributed by atoms with van der Waals surface area (Å²) in [5.41, 5.74) is 3.43. The maximum Gasteiger partial charge on any atom is 0.279 e. The highest BCUT2D eigenvalue weighted by Crippen LogP contribution is 2.31. The SMILES string of the molecule is Clc1ccc(Cn2nc(-c3nc(-c4ccccc4Cl)no3)c3ccccc32)cc1. The van der Waals surface area contributed by atoms with E-state index in [2.05, 4.69) is 10.1 Å². The summed E-state index contributed by atoms with van der Waals surface area (Å²) in [5.74, 6) is 0.785. The highest BCUT2D eigenvalue weighted by molar-refractivity contribution is 6.33. The van der Waals surface area contributed by atoms with Crippen molar-refractivity contribution in [2.24, 2.45) is 0 Å². The van der Waals surface area contributed by atoms with E-state index in [9.17, 15) is 0 Å². The van der Waals surface area contributed by atoms with Gasteiger partial charge in [0, 0.05) is 16.0 Å². The molecule has 0 N–H and O–H groups in total. The van der Waals surface area contributed by atoms with E-state index in [1.807, 2.05) is 71.4 Å². The first-order valence-electron chi connectivity index (χ1n) is 8.98. The summed E-state index contributed by atoms with van der Waals surface area (Å²) in [5, 5.41) is 11.1. The van der Waals surface area contributed by atoms with E-state index >= 15 is 0 Å². The normalized spacial score (nSPS) is 11.2. The molecular weight excluding hydrogens is 407 g/mol. The number of aromatic nitrogens is 4. The minimum Gasteiger partial charge on any atom is -0.332 e. The summed E-state index contributed by atoms with van der Waals surface area (Å²) in [7, 11) is 0. The van der Waals surface area contributed by atoms with Crippen LogP contribution in [0.3, 0.4) is 0 Å². The Hall–Kier alpha value is -3.15. The molecule has 3 aromatic carbocycles. The average molecular weight is 421 g/mol. The molecule has 0 amide bonds. The first kappa shape index (κ1) is 17.9. The van der Waals surface area contributed by atoms with Crippen LogP contribution in [0.5, 0.6) is 0 Å². The largest absolute Gasteiger partial charge is 0.332 e. The Morgan fingerprint density at radius 2 is 1.62 bits per heavy atom. The molecule has 0 unspecified atom stereocenters. The second-order valence-electron chi connectivity index (χ2n) is 6.55. The van der Waals surface area contributed by atoms with Crippen molar-refractivity contribution in [2.45, 2.75) is 6.54 Å². The molecule has 2 heterocycles. The number of para-hydroxylation sites is 1. The summed E-state index contributed by atoms with van der Waals surface area (Å²) in [4.78, 5) is 4.54. The van der Waals surface area contributed by atoms with Crippen molar-refractivity contribution in [2.75, 3.05) is 0 Å². The lowest BCUT2D eigenvalue weighted by Crippen LogP contribution is -2.01. The summed E-state index contributed by atoms with van der Waals surface area (Å²) in [6.45, 7) is 0.600. The summed E-state index contributed by atoms with van der Waals surface area (Å²) in [6, 6.07) is 23.1. The lowest BCUT2D eigenvalue weighted by Gasteiger charge is -2.03. The quantitative estimate of drug-likeness (QED) is 0.351. The van der Waals surface area contributed by atoms with E-state index in [1.54, 1.807) is 6.07 Å². The van der Waals surface area contributed by atoms with Gasteiger partial charge in [0.2, 0.25) is 5.82 Å². The van der Waals surface area contributed by atoms with Crippen molar-refractivity contribution in [3.63, 3.8) is 0 Å². The maximum atomic E-state index is 6.26. The van der Waals surface area contributed by atoms with E-state index < -0.39 is 0 Å². The zero-order valence-corrected chi connectivity index (χ0v) is 16.6. The first-order chi connectivity index (χ1) is 14.2. The molecule has 0 spiro atoms. The highest BCUT2D eigenvalue weighted by atomic mass is 35.5. The van der Waals surface area contributed by atoms with E-state index in [1.165, 1.54) is 0 Å². The van der Waals surface area contributed by atoms with Crippen molar-refractivity contribution in [3.8, 4) is 23.0 Å². The topological polar surface area (TPSA) is 56.7 Å². The van der Waals surface area contributed by atoms with E-state index in [0.717, 1.165) is 16.5 Å². The summed E-state index contributed by atoms with van der Waals surface area (Å²) < 4.78 is 7.46. The second kappa shape index (κ2) is 7.35. The predicted molar refractivity (Wildman–Crippen MR) is 114 cm³/mol. The van der Waals surface area contributed by atoms with E-state index in [-0.39, 0.29) is 0 Å². The van der Waals surface area contributed by atoms with Crippen LogP contribution in [0.1, 0.15) is 5.56 Å². The van der Waals surface area contributed by atoms with Crippen LogP contribution in [0.2, 0.25) is 10.0 Å². The predicted octanol–water partition coefficient (Wildman–Crippen LogP) is 6.11. The number of benzene rings is 3. The van der Waals surface area contributed by atoms with Gasteiger partial charge < -0.3 is 4.52 Å². The number of halogens is 2. The molecule has 7 heteroatoms. The van der Waals surface area contributed by atoms with Crippen LogP contribution in [0, 0.1) is 0 Å². The van der Waals surface area contributed by atoms with Gasteiger partial charge in [0.25, 0.3) is 5.89 Å². The molecule has 5 aromatic rings. The molecule has 29 heavy (non-hydrogen) atoms. The van der Waals surface area contributed by atoms with Crippen LogP contribution in [0.15, 0.2) is 77.3 Å². The van der Waals surface area contributed by atoms with Crippen LogP contribution in [-0.2, 0) is 6.54 Å². The fourth-order valence-electron chi connectivity index (χ4n) is 3.24. The molecule has 0 saturated carbocycles. The Morgan fingerprint density at radius 3 is 2.45 bits per heavy atom. The van der Waals surface area contributed by atoms with Gasteiger partial charge >= 0.3 is 0 Å². The molecule has 0 aliphatic carbocycles. The third kappa shape index (κ3) is 3.39. The van der Waals surface area contributed by atoms with Crippen LogP contribution < -0.4 is 0 Å². The highest BCUT2D eigenvalue weighted by Gasteiger charge is 2.19. The molecule has 0 saturated heterocycles. The molecule has 5 rings (SSSR count). The van der Waals surface area contributed by atoms with Gasteiger partial charge in [-0.1, -0.05) is 70.8 Å². The first-order valence-corrected chi connectivity index (χ1v) is 9.73. The molecule has 142 valence electrons. The lowest BCUT2D eigenvalue weighted by molar-refractivity contribution is 0.430. The average Bonchev–Trinajstić information content (AvgIpc) is 3.36. The molecule has 0 bridgehead atoms. The van der Waals surface area contributed by atoms with Crippen molar-refractivity contribution >= 4 is 34.1 Å². The van der Waals surface area contributed by atoms with Crippen molar-refractivity contribution in [1.82, 2.24) is 19.9 Å². The monoisotopic (exact) mass is 420 g/mol. The molecule has 2 aromatic heterocycles. The Morgan fingerprint density at radius 1 is 0.862 bits per heavy atom. The summed E-state index contributed by atoms with van der Waals surface area (Å²) in [6.07, 6.45) is 0. The van der Waals surface area contributed by atoms with Crippen LogP contribution in [0.25, 0.3) is 33.9 Å². The molecule has 0 atom stereocenters. The maximum absolute atomic E-state index is 6.26. The molecule has 0 fully saturated rings. The van der Waals surface area contributed by atoms with Gasteiger partial charge in [-0.2, -0.15) is 10.1 Å². The number of hydrogen-bond donors (Lipinski definition) is 0. The fraction of sp³-hybridized carbons (Fsp3) is 0.0455. The molecule has 5 nitrogen and oxygen atoms in total. The third-order valence-electron chi connectivity index (χ3n) is 4.65. The van der Waals surface area contributed by atoms with Gasteiger partial charge in [0.15, 0.2) is 5.69 Å². The third-order valence-corrected chi connectivity index (χ3v) is 5.23. The van der Waals surface area contributed by atoms with Gasteiger partial charge in [-0.3, -0.25) is 4.68 Å². The Bertz CT molecular complexity index is 1310. The second-order valence-corrected chi connectivity index (χ2v) is 7.40. The minimum atomic E-state index is 0.353. The number of rotatable bonds is 4. The van der Waals surface area contributed by atoms with Crippen molar-refractivity contribution < 1.29 is 4.52 Å². The van der Waals surface area contributed by atoms with E-state index in [0.29, 0.717) is 39.6 Å². The van der Waals surface area contributed by atoms with Gasteiger partial charge in [0.1, 0.15) is 0 Å². The number of fused-ring (bicyclic) bond motifs is 1. The Kier molecular flexibility index (Phi) is 4.54. The van der Waals surface area contributed by atoms with Gasteiger partial charge in [-0.15, -0.1) is 0 Å². The minimum absolute atomic E-state index is 0.353. The van der Waals surface area contributed by atoms with Crippen molar-refractivity contribution in [3.05, 3.63) is 88.4 Å². The molecule has 0 radical (unpaired) electrons. The standard InChI is InChI=1S/C22H14Cl2N4O/c23-15-11-9-14(10-12-15)13-28-19-8-4-2-6-17(19)20(26-28)22-25-21(27-29-22)16-5-1-3-7-18(16)24/h1-12H,13H2. The fourth-order valence-corrected chi connectivity index (χ4v) is 3.59.